The maximum absolute atomic E-state index is 14.0. The summed E-state index contributed by atoms with van der Waals surface area (Å²) in [6.45, 7) is 3.14. The van der Waals surface area contributed by atoms with Crippen molar-refractivity contribution in [2.45, 2.75) is 89.8 Å². The molecule has 0 radical (unpaired) electrons. The number of rotatable bonds is 5. The minimum absolute atomic E-state index is 0.0360. The third-order valence-corrected chi connectivity index (χ3v) is 8.15. The maximum Gasteiger partial charge on any atom is 0.228 e. The monoisotopic (exact) mass is 476 g/mol. The highest BCUT2D eigenvalue weighted by molar-refractivity contribution is 5.85. The van der Waals surface area contributed by atoms with Gasteiger partial charge in [0.2, 0.25) is 5.91 Å². The number of amides is 1. The van der Waals surface area contributed by atoms with Gasteiger partial charge in [-0.1, -0.05) is 25.7 Å². The summed E-state index contributed by atoms with van der Waals surface area (Å²) in [5.74, 6) is 3.12. The second-order valence-electron chi connectivity index (χ2n) is 10.5. The Hall–Kier alpha value is -2.90. The first-order chi connectivity index (χ1) is 17.3. The van der Waals surface area contributed by atoms with Crippen LogP contribution in [0.25, 0.3) is 11.2 Å². The van der Waals surface area contributed by atoms with Crippen LogP contribution in [0, 0.1) is 5.92 Å². The van der Waals surface area contributed by atoms with Crippen molar-refractivity contribution in [1.82, 2.24) is 24.4 Å². The number of imidazole rings is 1. The number of hydrogen-bond acceptors (Lipinski definition) is 6. The van der Waals surface area contributed by atoms with Crippen LogP contribution in [0.3, 0.4) is 0 Å². The first-order valence-electron chi connectivity index (χ1n) is 13.6. The number of aryl methyl sites for hydroxylation is 2. The molecule has 1 aliphatic carbocycles. The summed E-state index contributed by atoms with van der Waals surface area (Å²) in [5.41, 5.74) is 1.85. The van der Waals surface area contributed by atoms with Crippen molar-refractivity contribution >= 4 is 22.9 Å². The van der Waals surface area contributed by atoms with Crippen LogP contribution in [0.15, 0.2) is 29.1 Å². The van der Waals surface area contributed by atoms with Crippen LogP contribution in [-0.2, 0) is 24.3 Å². The van der Waals surface area contributed by atoms with Gasteiger partial charge in [-0.3, -0.25) is 4.79 Å². The summed E-state index contributed by atoms with van der Waals surface area (Å²) in [6, 6.07) is 4.20. The Kier molecular flexibility index (Phi) is 6.44. The fourth-order valence-electron chi connectivity index (χ4n) is 6.31. The average Bonchev–Trinajstić information content (AvgIpc) is 3.49. The van der Waals surface area contributed by atoms with E-state index in [1.807, 2.05) is 12.1 Å². The van der Waals surface area contributed by atoms with Gasteiger partial charge in [0, 0.05) is 32.1 Å². The summed E-state index contributed by atoms with van der Waals surface area (Å²) in [4.78, 5) is 32.7. The van der Waals surface area contributed by atoms with Crippen LogP contribution in [0.4, 0.5) is 5.82 Å². The summed E-state index contributed by atoms with van der Waals surface area (Å²) in [5, 5.41) is 0. The fraction of sp³-hybridized carbons (Fsp3) is 0.630. The van der Waals surface area contributed by atoms with Gasteiger partial charge in [0.25, 0.3) is 0 Å². The van der Waals surface area contributed by atoms with Crippen LogP contribution in [-0.4, -0.2) is 49.5 Å². The zero-order valence-corrected chi connectivity index (χ0v) is 20.6. The van der Waals surface area contributed by atoms with Gasteiger partial charge >= 0.3 is 0 Å². The molecule has 0 spiro atoms. The number of anilines is 1. The molecule has 35 heavy (non-hydrogen) atoms. The number of furan rings is 1. The molecule has 3 aliphatic rings. The number of aromatic nitrogens is 4. The van der Waals surface area contributed by atoms with E-state index in [1.165, 1.54) is 38.5 Å². The highest BCUT2D eigenvalue weighted by Crippen LogP contribution is 2.32. The standard InChI is InChI=1S/C27H36N6O2/c34-27(33(18-22-12-8-16-35-22)21-10-3-1-4-11-21)20-9-7-14-31(17-20)25-24-26(29-19-28-25)32-15-6-2-5-13-23(32)30-24/h8,12,16,19-21H,1-7,9-11,13-15,17-18H2/t20-/m0/s1. The Morgan fingerprint density at radius 1 is 1.03 bits per heavy atom. The van der Waals surface area contributed by atoms with Crippen molar-refractivity contribution in [3.05, 3.63) is 36.3 Å². The Morgan fingerprint density at radius 2 is 1.91 bits per heavy atom. The molecule has 6 rings (SSSR count). The zero-order valence-electron chi connectivity index (χ0n) is 20.6. The second-order valence-corrected chi connectivity index (χ2v) is 10.5. The number of hydrogen-bond donors (Lipinski definition) is 0. The molecular formula is C27H36N6O2. The summed E-state index contributed by atoms with van der Waals surface area (Å²) in [7, 11) is 0. The van der Waals surface area contributed by atoms with E-state index in [4.69, 9.17) is 9.40 Å². The molecule has 3 aromatic rings. The first-order valence-corrected chi connectivity index (χ1v) is 13.6. The van der Waals surface area contributed by atoms with Gasteiger partial charge in [-0.05, 0) is 50.7 Å². The smallest absolute Gasteiger partial charge is 0.228 e. The number of fused-ring (bicyclic) bond motifs is 3. The molecule has 0 unspecified atom stereocenters. The molecule has 1 saturated carbocycles. The van der Waals surface area contributed by atoms with E-state index >= 15 is 0 Å². The number of carbonyl (C=O) groups is 1. The van der Waals surface area contributed by atoms with E-state index in [0.717, 1.165) is 73.8 Å². The van der Waals surface area contributed by atoms with E-state index in [0.29, 0.717) is 19.1 Å². The Bertz CT molecular complexity index is 1150. The van der Waals surface area contributed by atoms with Crippen molar-refractivity contribution in [3.8, 4) is 0 Å². The predicted molar refractivity (Wildman–Crippen MR) is 134 cm³/mol. The second kappa shape index (κ2) is 9.99. The molecule has 2 fully saturated rings. The minimum Gasteiger partial charge on any atom is -0.467 e. The van der Waals surface area contributed by atoms with Crippen molar-refractivity contribution in [2.24, 2.45) is 5.92 Å². The molecule has 5 heterocycles. The Morgan fingerprint density at radius 3 is 2.77 bits per heavy atom. The fourth-order valence-corrected chi connectivity index (χ4v) is 6.31. The number of carbonyl (C=O) groups excluding carboxylic acids is 1. The van der Waals surface area contributed by atoms with E-state index in [9.17, 15) is 4.79 Å². The van der Waals surface area contributed by atoms with E-state index < -0.39 is 0 Å². The lowest BCUT2D eigenvalue weighted by atomic mass is 9.91. The van der Waals surface area contributed by atoms with Gasteiger partial charge in [0.15, 0.2) is 17.0 Å². The topological polar surface area (TPSA) is 80.3 Å². The SMILES string of the molecule is O=C([C@H]1CCCN(c2ncnc3c2nc2n3CCCCC2)C1)N(Cc1ccco1)C1CCCCC1. The van der Waals surface area contributed by atoms with Gasteiger partial charge in [-0.15, -0.1) is 0 Å². The van der Waals surface area contributed by atoms with Crippen molar-refractivity contribution in [3.63, 3.8) is 0 Å². The molecule has 2 aliphatic heterocycles. The van der Waals surface area contributed by atoms with Crippen molar-refractivity contribution < 1.29 is 9.21 Å². The van der Waals surface area contributed by atoms with E-state index in [-0.39, 0.29) is 11.8 Å². The number of nitrogens with zero attached hydrogens (tertiary/aromatic N) is 6. The highest BCUT2D eigenvalue weighted by atomic mass is 16.3. The van der Waals surface area contributed by atoms with E-state index in [2.05, 4.69) is 24.3 Å². The maximum atomic E-state index is 14.0. The lowest BCUT2D eigenvalue weighted by Crippen LogP contribution is -2.48. The average molecular weight is 477 g/mol. The van der Waals surface area contributed by atoms with Gasteiger partial charge < -0.3 is 18.8 Å². The van der Waals surface area contributed by atoms with Crippen LogP contribution < -0.4 is 4.90 Å². The summed E-state index contributed by atoms with van der Waals surface area (Å²) >= 11 is 0. The molecule has 1 saturated heterocycles. The molecule has 0 N–H and O–H groups in total. The molecule has 8 heteroatoms. The molecular weight excluding hydrogens is 440 g/mol. The molecule has 0 aromatic carbocycles. The molecule has 1 amide bonds. The Balaban J connectivity index is 1.25. The van der Waals surface area contributed by atoms with Crippen molar-refractivity contribution in [1.29, 1.82) is 0 Å². The van der Waals surface area contributed by atoms with Crippen LogP contribution >= 0.6 is 0 Å². The predicted octanol–water partition coefficient (Wildman–Crippen LogP) is 4.72. The highest BCUT2D eigenvalue weighted by Gasteiger charge is 2.35. The molecule has 0 bridgehead atoms. The molecule has 1 atom stereocenters. The third kappa shape index (κ3) is 4.55. The van der Waals surface area contributed by atoms with Gasteiger partial charge in [0.1, 0.15) is 17.9 Å². The third-order valence-electron chi connectivity index (χ3n) is 8.15. The first kappa shape index (κ1) is 22.6. The quantitative estimate of drug-likeness (QED) is 0.530. The van der Waals surface area contributed by atoms with Gasteiger partial charge in [0.05, 0.1) is 18.7 Å². The molecule has 8 nitrogen and oxygen atoms in total. The van der Waals surface area contributed by atoms with Crippen molar-refractivity contribution in [2.75, 3.05) is 18.0 Å². The number of piperidine rings is 1. The van der Waals surface area contributed by atoms with Gasteiger partial charge in [-0.2, -0.15) is 0 Å². The largest absolute Gasteiger partial charge is 0.467 e. The normalized spacial score (nSPS) is 21.6. The summed E-state index contributed by atoms with van der Waals surface area (Å²) < 4.78 is 7.93. The molecule has 3 aromatic heterocycles. The van der Waals surface area contributed by atoms with Crippen LogP contribution in [0.1, 0.15) is 75.8 Å². The van der Waals surface area contributed by atoms with Crippen LogP contribution in [0.5, 0.6) is 0 Å². The zero-order chi connectivity index (χ0) is 23.6. The minimum atomic E-state index is -0.0360. The van der Waals surface area contributed by atoms with E-state index in [1.54, 1.807) is 12.6 Å². The lowest BCUT2D eigenvalue weighted by Gasteiger charge is -2.39. The van der Waals surface area contributed by atoms with Crippen LogP contribution in [0.2, 0.25) is 0 Å². The Labute approximate surface area is 206 Å². The van der Waals surface area contributed by atoms with Gasteiger partial charge in [-0.25, -0.2) is 15.0 Å². The molecule has 186 valence electrons. The lowest BCUT2D eigenvalue weighted by molar-refractivity contribution is -0.140. The summed E-state index contributed by atoms with van der Waals surface area (Å²) in [6.07, 6.45) is 15.7.